The topological polar surface area (TPSA) is 64.1 Å². The van der Waals surface area contributed by atoms with Gasteiger partial charge in [-0.05, 0) is 32.7 Å². The number of carbonyl (C=O) groups is 2. The molecule has 114 valence electrons. The monoisotopic (exact) mass is 283 g/mol. The van der Waals surface area contributed by atoms with Crippen molar-refractivity contribution in [3.63, 3.8) is 0 Å². The number of likely N-dealkylation sites (N-methyl/N-ethyl adjacent to an activating group) is 1. The number of likely N-dealkylation sites (tertiary alicyclic amines) is 1. The number of aliphatic carboxylic acids is 1. The highest BCUT2D eigenvalue weighted by Crippen LogP contribution is 2.28. The highest BCUT2D eigenvalue weighted by molar-refractivity contribution is 5.80. The molecular formula is C14H25N3O3. The summed E-state index contributed by atoms with van der Waals surface area (Å²) in [7, 11) is 2.14. The van der Waals surface area contributed by atoms with Crippen molar-refractivity contribution < 1.29 is 14.7 Å². The zero-order valence-electron chi connectivity index (χ0n) is 12.4. The lowest BCUT2D eigenvalue weighted by atomic mass is 10.1. The molecule has 0 spiro atoms. The highest BCUT2D eigenvalue weighted by Gasteiger charge is 2.37. The van der Waals surface area contributed by atoms with E-state index in [-0.39, 0.29) is 12.6 Å². The van der Waals surface area contributed by atoms with Gasteiger partial charge in [-0.15, -0.1) is 0 Å². The fraction of sp³-hybridized carbons (Fsp3) is 0.857. The molecule has 2 aliphatic rings. The number of hydrogen-bond donors (Lipinski definition) is 1. The number of carboxylic acids is 1. The van der Waals surface area contributed by atoms with Gasteiger partial charge in [0.1, 0.15) is 6.54 Å². The van der Waals surface area contributed by atoms with E-state index in [1.807, 2.05) is 11.8 Å². The summed E-state index contributed by atoms with van der Waals surface area (Å²) in [6.07, 6.45) is 4.12. The summed E-state index contributed by atoms with van der Waals surface area (Å²) >= 11 is 0. The molecule has 0 aliphatic carbocycles. The van der Waals surface area contributed by atoms with Crippen molar-refractivity contribution in [2.45, 2.75) is 44.7 Å². The van der Waals surface area contributed by atoms with E-state index in [9.17, 15) is 9.59 Å². The van der Waals surface area contributed by atoms with Crippen LogP contribution in [0, 0.1) is 0 Å². The zero-order chi connectivity index (χ0) is 14.7. The van der Waals surface area contributed by atoms with Gasteiger partial charge in [0.15, 0.2) is 0 Å². The molecule has 2 rings (SSSR count). The Hall–Kier alpha value is -1.30. The summed E-state index contributed by atoms with van der Waals surface area (Å²) in [5.74, 6) is -0.944. The summed E-state index contributed by atoms with van der Waals surface area (Å²) in [6, 6.07) is 0.895. The Morgan fingerprint density at radius 1 is 1.25 bits per heavy atom. The number of carboxylic acid groups (broad SMARTS) is 1. The summed E-state index contributed by atoms with van der Waals surface area (Å²) in [5.41, 5.74) is 0. The largest absolute Gasteiger partial charge is 0.480 e. The lowest BCUT2D eigenvalue weighted by Crippen LogP contribution is -2.48. The number of hydrogen-bond acceptors (Lipinski definition) is 3. The van der Waals surface area contributed by atoms with Crippen LogP contribution in [0.1, 0.15) is 32.6 Å². The molecule has 2 unspecified atom stereocenters. The zero-order valence-corrected chi connectivity index (χ0v) is 12.4. The highest BCUT2D eigenvalue weighted by atomic mass is 16.4. The second-order valence-electron chi connectivity index (χ2n) is 5.88. The van der Waals surface area contributed by atoms with Crippen LogP contribution in [0.25, 0.3) is 0 Å². The Balaban J connectivity index is 2.01. The standard InChI is InChI=1S/C14H25N3O3/c1-3-7-16(10-13(18)19)14(20)17-8-6-11-4-5-12(9-17)15(11)2/h11-12H,3-10H2,1-2H3,(H,18,19). The number of urea groups is 1. The van der Waals surface area contributed by atoms with E-state index in [4.69, 9.17) is 5.11 Å². The van der Waals surface area contributed by atoms with E-state index in [0.717, 1.165) is 32.4 Å². The van der Waals surface area contributed by atoms with Crippen LogP contribution < -0.4 is 0 Å². The van der Waals surface area contributed by atoms with Gasteiger partial charge in [-0.25, -0.2) is 4.79 Å². The predicted molar refractivity (Wildman–Crippen MR) is 75.7 cm³/mol. The third kappa shape index (κ3) is 3.23. The Bertz CT molecular complexity index is 375. The van der Waals surface area contributed by atoms with Crippen LogP contribution in [0.4, 0.5) is 4.79 Å². The van der Waals surface area contributed by atoms with Crippen LogP contribution in [0.15, 0.2) is 0 Å². The molecule has 1 N–H and O–H groups in total. The van der Waals surface area contributed by atoms with Gasteiger partial charge in [0.05, 0.1) is 0 Å². The van der Waals surface area contributed by atoms with Crippen LogP contribution in [0.5, 0.6) is 0 Å². The third-order valence-electron chi connectivity index (χ3n) is 4.51. The number of carbonyl (C=O) groups excluding carboxylic acids is 1. The number of amides is 2. The summed E-state index contributed by atoms with van der Waals surface area (Å²) < 4.78 is 0. The molecule has 2 heterocycles. The number of rotatable bonds is 4. The Morgan fingerprint density at radius 2 is 1.95 bits per heavy atom. The van der Waals surface area contributed by atoms with Crippen LogP contribution in [0.3, 0.4) is 0 Å². The first-order valence-corrected chi connectivity index (χ1v) is 7.50. The number of fused-ring (bicyclic) bond motifs is 2. The summed E-state index contributed by atoms with van der Waals surface area (Å²) in [4.78, 5) is 29.1. The van der Waals surface area contributed by atoms with Crippen molar-refractivity contribution >= 4 is 12.0 Å². The Labute approximate surface area is 120 Å². The number of nitrogens with zero attached hydrogens (tertiary/aromatic N) is 3. The third-order valence-corrected chi connectivity index (χ3v) is 4.51. The van der Waals surface area contributed by atoms with E-state index in [2.05, 4.69) is 11.9 Å². The Kier molecular flexibility index (Phi) is 4.86. The van der Waals surface area contributed by atoms with Crippen LogP contribution in [-0.2, 0) is 4.79 Å². The molecular weight excluding hydrogens is 258 g/mol. The van der Waals surface area contributed by atoms with E-state index in [0.29, 0.717) is 18.6 Å². The van der Waals surface area contributed by atoms with E-state index < -0.39 is 5.97 Å². The second-order valence-corrected chi connectivity index (χ2v) is 5.88. The maximum absolute atomic E-state index is 12.5. The van der Waals surface area contributed by atoms with Crippen LogP contribution in [-0.4, -0.2) is 77.1 Å². The molecule has 0 radical (unpaired) electrons. The fourth-order valence-electron chi connectivity index (χ4n) is 3.36. The van der Waals surface area contributed by atoms with Gasteiger partial charge in [-0.1, -0.05) is 6.92 Å². The quantitative estimate of drug-likeness (QED) is 0.838. The molecule has 2 amide bonds. The van der Waals surface area contributed by atoms with Crippen molar-refractivity contribution in [3.8, 4) is 0 Å². The first-order chi connectivity index (χ1) is 9.52. The molecule has 0 aromatic carbocycles. The molecule has 6 heteroatoms. The van der Waals surface area contributed by atoms with Crippen LogP contribution in [0.2, 0.25) is 0 Å². The Morgan fingerprint density at radius 3 is 2.60 bits per heavy atom. The van der Waals surface area contributed by atoms with Crippen molar-refractivity contribution in [1.29, 1.82) is 0 Å². The molecule has 2 atom stereocenters. The lowest BCUT2D eigenvalue weighted by molar-refractivity contribution is -0.137. The average Bonchev–Trinajstić information content (AvgIpc) is 2.61. The maximum atomic E-state index is 12.5. The van der Waals surface area contributed by atoms with Crippen LogP contribution >= 0.6 is 0 Å². The van der Waals surface area contributed by atoms with Gasteiger partial charge in [-0.2, -0.15) is 0 Å². The van der Waals surface area contributed by atoms with Gasteiger partial charge in [0.2, 0.25) is 0 Å². The van der Waals surface area contributed by atoms with Gasteiger partial charge in [0.25, 0.3) is 0 Å². The van der Waals surface area contributed by atoms with Gasteiger partial charge in [0, 0.05) is 31.7 Å². The molecule has 2 aliphatic heterocycles. The van der Waals surface area contributed by atoms with E-state index in [1.165, 1.54) is 11.3 Å². The second kappa shape index (κ2) is 6.43. The smallest absolute Gasteiger partial charge is 0.323 e. The predicted octanol–water partition coefficient (Wildman–Crippen LogP) is 1.07. The van der Waals surface area contributed by atoms with Crippen molar-refractivity contribution in [2.24, 2.45) is 0 Å². The molecule has 2 saturated heterocycles. The molecule has 0 aromatic heterocycles. The normalized spacial score (nSPS) is 26.4. The SMILES string of the molecule is CCCN(CC(=O)O)C(=O)N1CCC2CCC(C1)N2C. The minimum absolute atomic E-state index is 0.116. The summed E-state index contributed by atoms with van der Waals surface area (Å²) in [6.45, 7) is 3.73. The van der Waals surface area contributed by atoms with E-state index in [1.54, 1.807) is 0 Å². The van der Waals surface area contributed by atoms with E-state index >= 15 is 0 Å². The van der Waals surface area contributed by atoms with Gasteiger partial charge in [-0.3, -0.25) is 9.69 Å². The molecule has 6 nitrogen and oxygen atoms in total. The fourth-order valence-corrected chi connectivity index (χ4v) is 3.36. The lowest BCUT2D eigenvalue weighted by Gasteiger charge is -2.31. The van der Waals surface area contributed by atoms with Gasteiger partial charge < -0.3 is 14.9 Å². The molecule has 0 aromatic rings. The van der Waals surface area contributed by atoms with Crippen molar-refractivity contribution in [3.05, 3.63) is 0 Å². The minimum atomic E-state index is -0.944. The van der Waals surface area contributed by atoms with Crippen molar-refractivity contribution in [1.82, 2.24) is 14.7 Å². The van der Waals surface area contributed by atoms with Gasteiger partial charge >= 0.3 is 12.0 Å². The molecule has 2 bridgehead atoms. The molecule has 0 saturated carbocycles. The first kappa shape index (κ1) is 15.1. The maximum Gasteiger partial charge on any atom is 0.323 e. The molecule has 20 heavy (non-hydrogen) atoms. The average molecular weight is 283 g/mol. The molecule has 2 fully saturated rings. The summed E-state index contributed by atoms with van der Waals surface area (Å²) in [5, 5.41) is 8.94. The first-order valence-electron chi connectivity index (χ1n) is 7.50. The minimum Gasteiger partial charge on any atom is -0.480 e. The van der Waals surface area contributed by atoms with Crippen molar-refractivity contribution in [2.75, 3.05) is 33.2 Å².